The van der Waals surface area contributed by atoms with Gasteiger partial charge < -0.3 is 19.9 Å². The van der Waals surface area contributed by atoms with Crippen molar-refractivity contribution >= 4 is 17.3 Å². The molecule has 0 aliphatic carbocycles. The van der Waals surface area contributed by atoms with E-state index in [4.69, 9.17) is 4.74 Å². The highest BCUT2D eigenvalue weighted by Crippen LogP contribution is 2.26. The second-order valence-corrected chi connectivity index (χ2v) is 7.21. The number of nitrogens with zero attached hydrogens (tertiary/aromatic N) is 1. The van der Waals surface area contributed by atoms with Crippen molar-refractivity contribution in [2.75, 3.05) is 49.5 Å². The van der Waals surface area contributed by atoms with Gasteiger partial charge in [0.25, 0.3) is 5.91 Å². The van der Waals surface area contributed by atoms with E-state index in [0.717, 1.165) is 54.4 Å². The first-order valence-electron chi connectivity index (χ1n) is 9.74. The minimum absolute atomic E-state index is 0.00634. The van der Waals surface area contributed by atoms with Gasteiger partial charge in [0.15, 0.2) is 6.61 Å². The van der Waals surface area contributed by atoms with E-state index in [9.17, 15) is 4.79 Å². The number of hydrogen-bond acceptors (Lipinski definition) is 3. The van der Waals surface area contributed by atoms with E-state index in [2.05, 4.69) is 23.2 Å². The van der Waals surface area contributed by atoms with E-state index in [1.54, 1.807) is 4.90 Å². The number of anilines is 2. The third-order valence-electron chi connectivity index (χ3n) is 5.19. The zero-order valence-corrected chi connectivity index (χ0v) is 16.5. The van der Waals surface area contributed by atoms with Crippen LogP contribution in [0.2, 0.25) is 0 Å². The number of aryl methyl sites for hydroxylation is 2. The number of likely N-dealkylation sites (N-methyl/N-ethyl adjacent to an activating group) is 1. The molecule has 0 saturated carbocycles. The van der Waals surface area contributed by atoms with Crippen LogP contribution in [0.3, 0.4) is 0 Å². The predicted molar refractivity (Wildman–Crippen MR) is 110 cm³/mol. The summed E-state index contributed by atoms with van der Waals surface area (Å²) in [6.07, 6.45) is 0. The molecule has 0 radical (unpaired) electrons. The second kappa shape index (κ2) is 8.91. The number of hydrogen-bond donors (Lipinski definition) is 2. The fourth-order valence-corrected chi connectivity index (χ4v) is 3.46. The van der Waals surface area contributed by atoms with Gasteiger partial charge in [-0.25, -0.2) is 0 Å². The Kier molecular flexibility index (Phi) is 6.35. The van der Waals surface area contributed by atoms with Gasteiger partial charge in [0.2, 0.25) is 0 Å². The lowest BCUT2D eigenvalue weighted by molar-refractivity contribution is -0.898. The SMILES string of the molecule is CC[NH+]1CCN(c2ccccc2NC(=O)COc2cc(C)ccc2C)CC1. The van der Waals surface area contributed by atoms with Crippen LogP contribution in [0.15, 0.2) is 42.5 Å². The molecule has 27 heavy (non-hydrogen) atoms. The normalized spacial score (nSPS) is 14.9. The third-order valence-corrected chi connectivity index (χ3v) is 5.19. The van der Waals surface area contributed by atoms with Gasteiger partial charge in [-0.3, -0.25) is 4.79 Å². The van der Waals surface area contributed by atoms with Crippen LogP contribution in [0.25, 0.3) is 0 Å². The molecule has 2 aromatic rings. The average Bonchev–Trinajstić information content (AvgIpc) is 2.69. The molecule has 1 heterocycles. The zero-order chi connectivity index (χ0) is 19.2. The maximum Gasteiger partial charge on any atom is 0.262 e. The average molecular weight is 369 g/mol. The molecule has 1 aliphatic heterocycles. The molecule has 0 bridgehead atoms. The van der Waals surface area contributed by atoms with Gasteiger partial charge in [-0.15, -0.1) is 0 Å². The summed E-state index contributed by atoms with van der Waals surface area (Å²) in [6.45, 7) is 11.7. The Morgan fingerprint density at radius 3 is 2.63 bits per heavy atom. The molecule has 144 valence electrons. The van der Waals surface area contributed by atoms with Crippen LogP contribution in [-0.4, -0.2) is 45.2 Å². The molecule has 0 atom stereocenters. The number of rotatable bonds is 6. The number of benzene rings is 2. The van der Waals surface area contributed by atoms with Gasteiger partial charge in [-0.2, -0.15) is 0 Å². The van der Waals surface area contributed by atoms with Crippen LogP contribution in [-0.2, 0) is 4.79 Å². The molecule has 3 rings (SSSR count). The molecule has 5 heteroatoms. The summed E-state index contributed by atoms with van der Waals surface area (Å²) >= 11 is 0. The Morgan fingerprint density at radius 1 is 1.15 bits per heavy atom. The highest BCUT2D eigenvalue weighted by Gasteiger charge is 2.21. The summed E-state index contributed by atoms with van der Waals surface area (Å²) in [5, 5.41) is 3.02. The molecule has 1 saturated heterocycles. The third kappa shape index (κ3) is 5.01. The van der Waals surface area contributed by atoms with Crippen molar-refractivity contribution in [3.63, 3.8) is 0 Å². The summed E-state index contributed by atoms with van der Waals surface area (Å²) in [4.78, 5) is 16.5. The van der Waals surface area contributed by atoms with Crippen molar-refractivity contribution in [3.8, 4) is 5.75 Å². The number of quaternary nitrogens is 1. The highest BCUT2D eigenvalue weighted by atomic mass is 16.5. The number of piperazine rings is 1. The number of ether oxygens (including phenoxy) is 1. The van der Waals surface area contributed by atoms with Gasteiger partial charge in [0.05, 0.1) is 44.1 Å². The number of amides is 1. The standard InChI is InChI=1S/C22H29N3O2/c1-4-24-11-13-25(14-12-24)20-8-6-5-7-19(20)23-22(26)16-27-21-15-17(2)9-10-18(21)3/h5-10,15H,4,11-14,16H2,1-3H3,(H,23,26)/p+1. The summed E-state index contributed by atoms with van der Waals surface area (Å²) in [5.74, 6) is 0.623. The topological polar surface area (TPSA) is 46.0 Å². The molecule has 1 aliphatic rings. The van der Waals surface area contributed by atoms with E-state index < -0.39 is 0 Å². The molecule has 0 aromatic heterocycles. The van der Waals surface area contributed by atoms with Crippen molar-refractivity contribution in [2.45, 2.75) is 20.8 Å². The molecule has 0 unspecified atom stereocenters. The van der Waals surface area contributed by atoms with E-state index >= 15 is 0 Å². The summed E-state index contributed by atoms with van der Waals surface area (Å²) in [5.41, 5.74) is 4.10. The number of para-hydroxylation sites is 2. The molecular formula is C22H30N3O2+. The van der Waals surface area contributed by atoms with Crippen LogP contribution in [0.4, 0.5) is 11.4 Å². The summed E-state index contributed by atoms with van der Waals surface area (Å²) in [6, 6.07) is 14.0. The van der Waals surface area contributed by atoms with Crippen LogP contribution < -0.4 is 19.9 Å². The second-order valence-electron chi connectivity index (χ2n) is 7.21. The van der Waals surface area contributed by atoms with Crippen molar-refractivity contribution in [2.24, 2.45) is 0 Å². The smallest absolute Gasteiger partial charge is 0.262 e. The Hall–Kier alpha value is -2.53. The minimum Gasteiger partial charge on any atom is -0.483 e. The van der Waals surface area contributed by atoms with Crippen LogP contribution in [0.1, 0.15) is 18.1 Å². The molecule has 5 nitrogen and oxygen atoms in total. The van der Waals surface area contributed by atoms with E-state index in [1.807, 2.05) is 50.2 Å². The predicted octanol–water partition coefficient (Wildman–Crippen LogP) is 2.05. The van der Waals surface area contributed by atoms with Gasteiger partial charge in [-0.05, 0) is 50.1 Å². The maximum absolute atomic E-state index is 12.5. The maximum atomic E-state index is 12.5. The van der Waals surface area contributed by atoms with Crippen molar-refractivity contribution in [1.29, 1.82) is 0 Å². The quantitative estimate of drug-likeness (QED) is 0.820. The first-order chi connectivity index (χ1) is 13.1. The first kappa shape index (κ1) is 19.2. The Morgan fingerprint density at radius 2 is 1.89 bits per heavy atom. The fourth-order valence-electron chi connectivity index (χ4n) is 3.46. The molecule has 2 N–H and O–H groups in total. The lowest BCUT2D eigenvalue weighted by Gasteiger charge is -2.34. The van der Waals surface area contributed by atoms with Crippen LogP contribution in [0, 0.1) is 13.8 Å². The molecule has 0 spiro atoms. The summed E-state index contributed by atoms with van der Waals surface area (Å²) in [7, 11) is 0. The van der Waals surface area contributed by atoms with E-state index in [-0.39, 0.29) is 12.5 Å². The monoisotopic (exact) mass is 368 g/mol. The van der Waals surface area contributed by atoms with Gasteiger partial charge in [0, 0.05) is 0 Å². The van der Waals surface area contributed by atoms with Crippen molar-refractivity contribution < 1.29 is 14.4 Å². The number of nitrogens with one attached hydrogen (secondary N) is 2. The van der Waals surface area contributed by atoms with Crippen molar-refractivity contribution in [1.82, 2.24) is 0 Å². The Labute approximate surface area is 161 Å². The number of carbonyl (C=O) groups excluding carboxylic acids is 1. The lowest BCUT2D eigenvalue weighted by atomic mass is 10.1. The number of carbonyl (C=O) groups is 1. The lowest BCUT2D eigenvalue weighted by Crippen LogP contribution is -3.14. The molecule has 1 fully saturated rings. The van der Waals surface area contributed by atoms with Gasteiger partial charge in [-0.1, -0.05) is 24.3 Å². The van der Waals surface area contributed by atoms with E-state index in [1.165, 1.54) is 6.54 Å². The summed E-state index contributed by atoms with van der Waals surface area (Å²) < 4.78 is 5.74. The van der Waals surface area contributed by atoms with Gasteiger partial charge in [0.1, 0.15) is 5.75 Å². The van der Waals surface area contributed by atoms with Crippen molar-refractivity contribution in [3.05, 3.63) is 53.6 Å². The molecular weight excluding hydrogens is 338 g/mol. The van der Waals surface area contributed by atoms with Crippen LogP contribution in [0.5, 0.6) is 5.75 Å². The van der Waals surface area contributed by atoms with Crippen LogP contribution >= 0.6 is 0 Å². The minimum atomic E-state index is -0.138. The molecule has 1 amide bonds. The Bertz CT molecular complexity index is 783. The van der Waals surface area contributed by atoms with Gasteiger partial charge >= 0.3 is 0 Å². The molecule has 2 aromatic carbocycles. The highest BCUT2D eigenvalue weighted by molar-refractivity contribution is 5.95. The zero-order valence-electron chi connectivity index (χ0n) is 16.5. The fraction of sp³-hybridized carbons (Fsp3) is 0.409. The van der Waals surface area contributed by atoms with E-state index in [0.29, 0.717) is 0 Å². The first-order valence-corrected chi connectivity index (χ1v) is 9.74. The Balaban J connectivity index is 1.62. The largest absolute Gasteiger partial charge is 0.483 e.